The van der Waals surface area contributed by atoms with Gasteiger partial charge < -0.3 is 5.32 Å². The molecule has 0 aliphatic rings. The van der Waals surface area contributed by atoms with Crippen LogP contribution in [-0.2, 0) is 17.1 Å². The first-order chi connectivity index (χ1) is 12.1. The van der Waals surface area contributed by atoms with Crippen LogP contribution in [0.15, 0.2) is 60.7 Å². The number of nitrogens with one attached hydrogen (secondary N) is 1. The molecule has 0 bridgehead atoms. The smallest absolute Gasteiger partial charge is 0.230 e. The molecule has 0 spiro atoms. The highest BCUT2D eigenvalue weighted by atomic mass is 35.5. The number of carbonyl (C=O) groups is 1. The van der Waals surface area contributed by atoms with Gasteiger partial charge >= 0.3 is 0 Å². The Morgan fingerprint density at radius 2 is 1.84 bits per heavy atom. The molecule has 0 fully saturated rings. The van der Waals surface area contributed by atoms with E-state index in [1.54, 1.807) is 12.1 Å². The summed E-state index contributed by atoms with van der Waals surface area (Å²) in [6.45, 7) is 0.477. The summed E-state index contributed by atoms with van der Waals surface area (Å²) < 4.78 is 13.7. The van der Waals surface area contributed by atoms with Gasteiger partial charge in [-0.25, -0.2) is 4.39 Å². The van der Waals surface area contributed by atoms with E-state index >= 15 is 0 Å². The van der Waals surface area contributed by atoms with Crippen molar-refractivity contribution in [3.63, 3.8) is 0 Å². The van der Waals surface area contributed by atoms with Crippen molar-refractivity contribution in [2.75, 3.05) is 5.75 Å². The third kappa shape index (κ3) is 4.74. The first-order valence-corrected chi connectivity index (χ1v) is 9.42. The normalized spacial score (nSPS) is 10.8. The van der Waals surface area contributed by atoms with Crippen molar-refractivity contribution in [1.82, 2.24) is 5.32 Å². The van der Waals surface area contributed by atoms with Gasteiger partial charge in [-0.3, -0.25) is 4.79 Å². The number of halogens is 2. The maximum atomic E-state index is 13.7. The van der Waals surface area contributed by atoms with Crippen LogP contribution in [0, 0.1) is 5.82 Å². The second kappa shape index (κ2) is 8.37. The van der Waals surface area contributed by atoms with E-state index in [4.69, 9.17) is 11.6 Å². The third-order valence-corrected chi connectivity index (χ3v) is 5.16. The van der Waals surface area contributed by atoms with Crippen LogP contribution in [0.2, 0.25) is 5.02 Å². The van der Waals surface area contributed by atoms with Crippen molar-refractivity contribution >= 4 is 40.0 Å². The Balaban J connectivity index is 1.49. The minimum absolute atomic E-state index is 0.0781. The summed E-state index contributed by atoms with van der Waals surface area (Å²) >= 11 is 7.32. The van der Waals surface area contributed by atoms with E-state index in [0.29, 0.717) is 22.9 Å². The lowest BCUT2D eigenvalue weighted by atomic mass is 10.1. The molecule has 2 nitrogen and oxygen atoms in total. The third-order valence-electron chi connectivity index (χ3n) is 3.84. The topological polar surface area (TPSA) is 29.1 Å². The monoisotopic (exact) mass is 373 g/mol. The van der Waals surface area contributed by atoms with E-state index in [-0.39, 0.29) is 17.5 Å². The van der Waals surface area contributed by atoms with Crippen LogP contribution in [0.1, 0.15) is 11.1 Å². The van der Waals surface area contributed by atoms with Gasteiger partial charge in [-0.1, -0.05) is 54.1 Å². The molecule has 0 saturated carbocycles. The number of carbonyl (C=O) groups excluding carboxylic acids is 1. The molecule has 0 aliphatic heterocycles. The molecule has 3 aromatic carbocycles. The van der Waals surface area contributed by atoms with Crippen LogP contribution in [0.4, 0.5) is 4.39 Å². The molecule has 0 aromatic heterocycles. The summed E-state index contributed by atoms with van der Waals surface area (Å²) in [7, 11) is 0. The first-order valence-electron chi connectivity index (χ1n) is 7.88. The standard InChI is InChI=1S/C20H17ClFNOS/c21-18-6-3-7-19(22)17(18)12-25-13-20(24)23-11-14-8-9-15-4-1-2-5-16(15)10-14/h1-10H,11-13H2,(H,23,24). The van der Waals surface area contributed by atoms with Crippen LogP contribution in [0.25, 0.3) is 10.8 Å². The summed E-state index contributed by atoms with van der Waals surface area (Å²) in [6.07, 6.45) is 0. The minimum atomic E-state index is -0.337. The zero-order valence-electron chi connectivity index (χ0n) is 13.5. The zero-order chi connectivity index (χ0) is 17.6. The van der Waals surface area contributed by atoms with E-state index in [9.17, 15) is 9.18 Å². The molecule has 0 heterocycles. The lowest BCUT2D eigenvalue weighted by Crippen LogP contribution is -2.24. The number of hydrogen-bond acceptors (Lipinski definition) is 2. The van der Waals surface area contributed by atoms with Gasteiger partial charge in [0.2, 0.25) is 5.91 Å². The summed E-state index contributed by atoms with van der Waals surface area (Å²) in [5.41, 5.74) is 1.49. The second-order valence-electron chi connectivity index (χ2n) is 5.65. The Kier molecular flexibility index (Phi) is 5.95. The largest absolute Gasteiger partial charge is 0.351 e. The maximum Gasteiger partial charge on any atom is 0.230 e. The summed E-state index contributed by atoms with van der Waals surface area (Å²) in [4.78, 5) is 12.0. The average molecular weight is 374 g/mol. The molecule has 128 valence electrons. The minimum Gasteiger partial charge on any atom is -0.351 e. The van der Waals surface area contributed by atoms with Crippen molar-refractivity contribution in [2.45, 2.75) is 12.3 Å². The average Bonchev–Trinajstić information content (AvgIpc) is 2.62. The zero-order valence-corrected chi connectivity index (χ0v) is 15.0. The van der Waals surface area contributed by atoms with Crippen molar-refractivity contribution in [3.8, 4) is 0 Å². The van der Waals surface area contributed by atoms with Crippen molar-refractivity contribution in [2.24, 2.45) is 0 Å². The van der Waals surface area contributed by atoms with Gasteiger partial charge in [0.25, 0.3) is 0 Å². The molecule has 0 radical (unpaired) electrons. The molecular weight excluding hydrogens is 357 g/mol. The van der Waals surface area contributed by atoms with Crippen LogP contribution in [0.5, 0.6) is 0 Å². The highest BCUT2D eigenvalue weighted by Crippen LogP contribution is 2.23. The van der Waals surface area contributed by atoms with Crippen molar-refractivity contribution < 1.29 is 9.18 Å². The predicted octanol–water partition coefficient (Wildman–Crippen LogP) is 5.18. The predicted molar refractivity (Wildman–Crippen MR) is 103 cm³/mol. The highest BCUT2D eigenvalue weighted by molar-refractivity contribution is 7.99. The van der Waals surface area contributed by atoms with Gasteiger partial charge in [-0.05, 0) is 34.5 Å². The molecule has 0 unspecified atom stereocenters. The Morgan fingerprint density at radius 3 is 2.64 bits per heavy atom. The van der Waals surface area contributed by atoms with E-state index in [0.717, 1.165) is 10.9 Å². The number of benzene rings is 3. The molecule has 25 heavy (non-hydrogen) atoms. The van der Waals surface area contributed by atoms with E-state index in [1.807, 2.05) is 24.3 Å². The lowest BCUT2D eigenvalue weighted by Gasteiger charge is -2.08. The highest BCUT2D eigenvalue weighted by Gasteiger charge is 2.08. The Morgan fingerprint density at radius 1 is 1.04 bits per heavy atom. The van der Waals surface area contributed by atoms with Crippen LogP contribution < -0.4 is 5.32 Å². The molecular formula is C20H17ClFNOS. The van der Waals surface area contributed by atoms with Crippen LogP contribution >= 0.6 is 23.4 Å². The van der Waals surface area contributed by atoms with Crippen molar-refractivity contribution in [1.29, 1.82) is 0 Å². The fourth-order valence-corrected chi connectivity index (χ4v) is 3.71. The maximum absolute atomic E-state index is 13.7. The van der Waals surface area contributed by atoms with Crippen LogP contribution in [-0.4, -0.2) is 11.7 Å². The number of fused-ring (bicyclic) bond motifs is 1. The van der Waals surface area contributed by atoms with Gasteiger partial charge in [0.1, 0.15) is 5.82 Å². The van der Waals surface area contributed by atoms with Gasteiger partial charge in [0.15, 0.2) is 0 Å². The molecule has 5 heteroatoms. The fourth-order valence-electron chi connectivity index (χ4n) is 2.52. The lowest BCUT2D eigenvalue weighted by molar-refractivity contribution is -0.118. The van der Waals surface area contributed by atoms with Gasteiger partial charge in [0.05, 0.1) is 5.75 Å². The number of hydrogen-bond donors (Lipinski definition) is 1. The van der Waals surface area contributed by atoms with Gasteiger partial charge in [-0.15, -0.1) is 11.8 Å². The molecule has 0 atom stereocenters. The van der Waals surface area contributed by atoms with Gasteiger partial charge in [0, 0.05) is 22.9 Å². The van der Waals surface area contributed by atoms with E-state index < -0.39 is 0 Å². The SMILES string of the molecule is O=C(CSCc1c(F)cccc1Cl)NCc1ccc2ccccc2c1. The number of thioether (sulfide) groups is 1. The molecule has 3 rings (SSSR count). The first kappa shape index (κ1) is 17.8. The Hall–Kier alpha value is -2.04. The van der Waals surface area contributed by atoms with E-state index in [2.05, 4.69) is 23.5 Å². The van der Waals surface area contributed by atoms with Crippen LogP contribution in [0.3, 0.4) is 0 Å². The summed E-state index contributed by atoms with van der Waals surface area (Å²) in [6, 6.07) is 18.8. The molecule has 3 aromatic rings. The van der Waals surface area contributed by atoms with Crippen molar-refractivity contribution in [3.05, 3.63) is 82.6 Å². The Labute approximate surface area is 155 Å². The molecule has 0 saturated heterocycles. The molecule has 1 N–H and O–H groups in total. The molecule has 0 aliphatic carbocycles. The number of amides is 1. The molecule has 1 amide bonds. The second-order valence-corrected chi connectivity index (χ2v) is 7.04. The summed E-state index contributed by atoms with van der Waals surface area (Å²) in [5.74, 6) is 0.217. The summed E-state index contributed by atoms with van der Waals surface area (Å²) in [5, 5.41) is 5.61. The quantitative estimate of drug-likeness (QED) is 0.644. The van der Waals surface area contributed by atoms with E-state index in [1.165, 1.54) is 23.2 Å². The van der Waals surface area contributed by atoms with Gasteiger partial charge in [-0.2, -0.15) is 0 Å². The number of rotatable bonds is 6. The fraction of sp³-hybridized carbons (Fsp3) is 0.150. The Bertz CT molecular complexity index is 880.